The highest BCUT2D eigenvalue weighted by Gasteiger charge is 2.09. The van der Waals surface area contributed by atoms with Crippen LogP contribution in [0.15, 0.2) is 12.1 Å². The standard InChI is InChI=1S/C14H20F3N/c1-10(2)9-18-6-4-3-5-11-7-12(15)14(17)13(16)8-11/h7-8,10,18H,3-6,9H2,1-2H3. The van der Waals surface area contributed by atoms with Crippen LogP contribution in [0.2, 0.25) is 0 Å². The van der Waals surface area contributed by atoms with Crippen molar-refractivity contribution in [1.82, 2.24) is 5.32 Å². The van der Waals surface area contributed by atoms with Gasteiger partial charge in [0.25, 0.3) is 0 Å². The minimum absolute atomic E-state index is 0.509. The molecule has 1 aromatic rings. The van der Waals surface area contributed by atoms with Crippen LogP contribution in [0.1, 0.15) is 32.3 Å². The Labute approximate surface area is 106 Å². The number of hydrogen-bond acceptors (Lipinski definition) is 1. The summed E-state index contributed by atoms with van der Waals surface area (Å²) < 4.78 is 38.6. The maximum Gasteiger partial charge on any atom is 0.194 e. The summed E-state index contributed by atoms with van der Waals surface area (Å²) in [4.78, 5) is 0. The van der Waals surface area contributed by atoms with Crippen LogP contribution < -0.4 is 5.32 Å². The molecule has 0 atom stereocenters. The maximum absolute atomic E-state index is 12.9. The van der Waals surface area contributed by atoms with Crippen molar-refractivity contribution in [3.05, 3.63) is 35.1 Å². The van der Waals surface area contributed by atoms with Crippen molar-refractivity contribution < 1.29 is 13.2 Å². The maximum atomic E-state index is 12.9. The van der Waals surface area contributed by atoms with Crippen LogP contribution in [0.4, 0.5) is 13.2 Å². The van der Waals surface area contributed by atoms with Gasteiger partial charge >= 0.3 is 0 Å². The van der Waals surface area contributed by atoms with Gasteiger partial charge in [0.1, 0.15) is 0 Å². The Kier molecular flexibility index (Phi) is 6.19. The largest absolute Gasteiger partial charge is 0.316 e. The summed E-state index contributed by atoms with van der Waals surface area (Å²) in [7, 11) is 0. The fourth-order valence-corrected chi connectivity index (χ4v) is 1.72. The molecule has 0 aliphatic rings. The van der Waals surface area contributed by atoms with E-state index in [1.165, 1.54) is 0 Å². The van der Waals surface area contributed by atoms with E-state index in [0.717, 1.165) is 38.1 Å². The first-order chi connectivity index (χ1) is 8.50. The Morgan fingerprint density at radius 1 is 1.06 bits per heavy atom. The van der Waals surface area contributed by atoms with Crippen molar-refractivity contribution in [3.63, 3.8) is 0 Å². The lowest BCUT2D eigenvalue weighted by Crippen LogP contribution is -2.20. The van der Waals surface area contributed by atoms with Gasteiger partial charge in [-0.05, 0) is 56.0 Å². The zero-order valence-electron chi connectivity index (χ0n) is 10.9. The molecule has 1 nitrogen and oxygen atoms in total. The van der Waals surface area contributed by atoms with Gasteiger partial charge in [0.05, 0.1) is 0 Å². The summed E-state index contributed by atoms with van der Waals surface area (Å²) in [5.41, 5.74) is 0.509. The van der Waals surface area contributed by atoms with Crippen molar-refractivity contribution in [3.8, 4) is 0 Å². The van der Waals surface area contributed by atoms with Gasteiger partial charge in [-0.3, -0.25) is 0 Å². The number of halogens is 3. The molecule has 0 heterocycles. The molecule has 0 fully saturated rings. The molecule has 18 heavy (non-hydrogen) atoms. The second-order valence-corrected chi connectivity index (χ2v) is 4.93. The molecule has 102 valence electrons. The summed E-state index contributed by atoms with van der Waals surface area (Å²) in [6, 6.07) is 2.14. The highest BCUT2D eigenvalue weighted by Crippen LogP contribution is 2.15. The molecular weight excluding hydrogens is 239 g/mol. The molecule has 0 radical (unpaired) electrons. The SMILES string of the molecule is CC(C)CNCCCCc1cc(F)c(F)c(F)c1. The molecule has 0 unspecified atom stereocenters. The molecule has 0 aliphatic carbocycles. The summed E-state index contributed by atoms with van der Waals surface area (Å²) in [5, 5.41) is 3.29. The molecule has 1 aromatic carbocycles. The molecule has 0 aromatic heterocycles. The smallest absolute Gasteiger partial charge is 0.194 e. The van der Waals surface area contributed by atoms with E-state index in [1.54, 1.807) is 0 Å². The monoisotopic (exact) mass is 259 g/mol. The van der Waals surface area contributed by atoms with Gasteiger partial charge in [-0.1, -0.05) is 13.8 Å². The van der Waals surface area contributed by atoms with E-state index in [0.29, 0.717) is 17.9 Å². The Balaban J connectivity index is 2.27. The van der Waals surface area contributed by atoms with Crippen LogP contribution in [-0.2, 0) is 6.42 Å². The minimum Gasteiger partial charge on any atom is -0.316 e. The third kappa shape index (κ3) is 5.08. The number of unbranched alkanes of at least 4 members (excludes halogenated alkanes) is 1. The van der Waals surface area contributed by atoms with Crippen molar-refractivity contribution >= 4 is 0 Å². The second kappa shape index (κ2) is 7.41. The molecule has 4 heteroatoms. The summed E-state index contributed by atoms with van der Waals surface area (Å²) >= 11 is 0. The van der Waals surface area contributed by atoms with Crippen molar-refractivity contribution in [2.24, 2.45) is 5.92 Å². The van der Waals surface area contributed by atoms with Gasteiger partial charge in [0, 0.05) is 0 Å². The highest BCUT2D eigenvalue weighted by molar-refractivity contribution is 5.19. The van der Waals surface area contributed by atoms with E-state index >= 15 is 0 Å². The van der Waals surface area contributed by atoms with Crippen molar-refractivity contribution in [2.75, 3.05) is 13.1 Å². The molecule has 0 spiro atoms. The zero-order valence-corrected chi connectivity index (χ0v) is 10.9. The average Bonchev–Trinajstić information content (AvgIpc) is 2.30. The first-order valence-electron chi connectivity index (χ1n) is 6.35. The lowest BCUT2D eigenvalue weighted by Gasteiger charge is -2.07. The van der Waals surface area contributed by atoms with Crippen LogP contribution >= 0.6 is 0 Å². The van der Waals surface area contributed by atoms with Crippen LogP contribution in [-0.4, -0.2) is 13.1 Å². The molecule has 1 rings (SSSR count). The Morgan fingerprint density at radius 3 is 2.22 bits per heavy atom. The molecular formula is C14H20F3N. The molecule has 0 bridgehead atoms. The van der Waals surface area contributed by atoms with Crippen molar-refractivity contribution in [2.45, 2.75) is 33.1 Å². The number of nitrogens with one attached hydrogen (secondary N) is 1. The van der Waals surface area contributed by atoms with E-state index in [9.17, 15) is 13.2 Å². The third-order valence-electron chi connectivity index (χ3n) is 2.67. The number of rotatable bonds is 7. The van der Waals surface area contributed by atoms with E-state index < -0.39 is 17.5 Å². The van der Waals surface area contributed by atoms with Gasteiger partial charge in [-0.15, -0.1) is 0 Å². The fourth-order valence-electron chi connectivity index (χ4n) is 1.72. The van der Waals surface area contributed by atoms with E-state index in [4.69, 9.17) is 0 Å². The van der Waals surface area contributed by atoms with Gasteiger partial charge in [-0.2, -0.15) is 0 Å². The Bertz CT molecular complexity index is 354. The first kappa shape index (κ1) is 15.0. The van der Waals surface area contributed by atoms with Gasteiger partial charge < -0.3 is 5.32 Å². The topological polar surface area (TPSA) is 12.0 Å². The van der Waals surface area contributed by atoms with E-state index in [2.05, 4.69) is 19.2 Å². The predicted octanol–water partition coefficient (Wildman–Crippen LogP) is 3.67. The Hall–Kier alpha value is -1.03. The fraction of sp³-hybridized carbons (Fsp3) is 0.571. The summed E-state index contributed by atoms with van der Waals surface area (Å²) in [5.74, 6) is -2.99. The molecule has 0 saturated heterocycles. The number of aryl methyl sites for hydroxylation is 1. The highest BCUT2D eigenvalue weighted by atomic mass is 19.2. The second-order valence-electron chi connectivity index (χ2n) is 4.93. The first-order valence-corrected chi connectivity index (χ1v) is 6.35. The quantitative estimate of drug-likeness (QED) is 0.582. The summed E-state index contributed by atoms with van der Waals surface area (Å²) in [6.45, 7) is 6.14. The summed E-state index contributed by atoms with van der Waals surface area (Å²) in [6.07, 6.45) is 2.33. The predicted molar refractivity (Wildman–Crippen MR) is 67.0 cm³/mol. The van der Waals surface area contributed by atoms with Gasteiger partial charge in [0.15, 0.2) is 17.5 Å². The molecule has 0 aliphatic heterocycles. The van der Waals surface area contributed by atoms with Crippen LogP contribution in [0, 0.1) is 23.4 Å². The van der Waals surface area contributed by atoms with Gasteiger partial charge in [-0.25, -0.2) is 13.2 Å². The zero-order chi connectivity index (χ0) is 13.5. The average molecular weight is 259 g/mol. The van der Waals surface area contributed by atoms with E-state index in [1.807, 2.05) is 0 Å². The van der Waals surface area contributed by atoms with Crippen LogP contribution in [0.3, 0.4) is 0 Å². The molecule has 1 N–H and O–H groups in total. The van der Waals surface area contributed by atoms with Crippen LogP contribution in [0.5, 0.6) is 0 Å². The number of benzene rings is 1. The van der Waals surface area contributed by atoms with E-state index in [-0.39, 0.29) is 0 Å². The van der Waals surface area contributed by atoms with Gasteiger partial charge in [0.2, 0.25) is 0 Å². The van der Waals surface area contributed by atoms with Crippen molar-refractivity contribution in [1.29, 1.82) is 0 Å². The molecule has 0 saturated carbocycles. The Morgan fingerprint density at radius 2 is 1.67 bits per heavy atom. The number of hydrogen-bond donors (Lipinski definition) is 1. The van der Waals surface area contributed by atoms with Crippen LogP contribution in [0.25, 0.3) is 0 Å². The normalized spacial score (nSPS) is 11.2. The lowest BCUT2D eigenvalue weighted by atomic mass is 10.1. The molecule has 0 amide bonds. The lowest BCUT2D eigenvalue weighted by molar-refractivity contribution is 0.444. The minimum atomic E-state index is -1.39. The third-order valence-corrected chi connectivity index (χ3v) is 2.67.